The molecule has 0 unspecified atom stereocenters. The number of ether oxygens (including phenoxy) is 1. The van der Waals surface area contributed by atoms with E-state index in [-0.39, 0.29) is 11.8 Å². The third kappa shape index (κ3) is 3.81. The normalized spacial score (nSPS) is 15.4. The average Bonchev–Trinajstić information content (AvgIpc) is 3.46. The molecule has 1 aliphatic heterocycles. The zero-order valence-electron chi connectivity index (χ0n) is 17.7. The second-order valence-electron chi connectivity index (χ2n) is 7.70. The highest BCUT2D eigenvalue weighted by molar-refractivity contribution is 5.93. The molecule has 1 saturated heterocycles. The molecule has 6 heteroatoms. The van der Waals surface area contributed by atoms with E-state index < -0.39 is 0 Å². The molecular weight excluding hydrogens is 400 g/mol. The topological polar surface area (TPSA) is 59.7 Å². The van der Waals surface area contributed by atoms with Crippen LogP contribution in [0.3, 0.4) is 0 Å². The molecule has 0 aliphatic carbocycles. The lowest BCUT2D eigenvalue weighted by Gasteiger charge is -2.12. The van der Waals surface area contributed by atoms with Gasteiger partial charge in [-0.1, -0.05) is 24.1 Å². The van der Waals surface area contributed by atoms with Crippen molar-refractivity contribution in [3.63, 3.8) is 0 Å². The molecule has 32 heavy (non-hydrogen) atoms. The molecule has 0 N–H and O–H groups in total. The van der Waals surface area contributed by atoms with E-state index >= 15 is 0 Å². The summed E-state index contributed by atoms with van der Waals surface area (Å²) in [5.41, 5.74) is 2.81. The second-order valence-corrected chi connectivity index (χ2v) is 7.70. The maximum atomic E-state index is 12.2. The number of benzene rings is 2. The van der Waals surface area contributed by atoms with E-state index in [9.17, 15) is 4.79 Å². The Hall–Kier alpha value is -4.11. The first-order valence-corrected chi connectivity index (χ1v) is 10.6. The molecule has 2 aromatic heterocycles. The summed E-state index contributed by atoms with van der Waals surface area (Å²) < 4.78 is 7.99. The standard InChI is InChI=1S/C26H22N4O2/c1-2-6-24(31)29-15-13-20(18-29)26-28-25(23-17-27-14-16-30(23)26)19-9-11-22(12-10-19)32-21-7-4-3-5-8-21/h3-5,7-12,14,16-17,20H,13,15,18H2,1H3/t20-/m1/s1. The molecular formula is C26H22N4O2. The quantitative estimate of drug-likeness (QED) is 0.454. The number of para-hydroxylation sites is 1. The lowest BCUT2D eigenvalue weighted by molar-refractivity contribution is -0.124. The van der Waals surface area contributed by atoms with Gasteiger partial charge in [0.2, 0.25) is 0 Å². The third-order valence-electron chi connectivity index (χ3n) is 5.65. The maximum absolute atomic E-state index is 12.2. The van der Waals surface area contributed by atoms with Crippen LogP contribution in [0.1, 0.15) is 25.1 Å². The minimum absolute atomic E-state index is 0.119. The molecule has 5 rings (SSSR count). The number of carbonyl (C=O) groups excluding carboxylic acids is 1. The van der Waals surface area contributed by atoms with Gasteiger partial charge in [0.1, 0.15) is 17.3 Å². The Labute approximate surface area is 186 Å². The van der Waals surface area contributed by atoms with E-state index in [1.165, 1.54) is 0 Å². The number of rotatable bonds is 4. The third-order valence-corrected chi connectivity index (χ3v) is 5.65. The van der Waals surface area contributed by atoms with Gasteiger partial charge in [0.15, 0.2) is 0 Å². The van der Waals surface area contributed by atoms with Gasteiger partial charge in [-0.05, 0) is 55.7 Å². The summed E-state index contributed by atoms with van der Waals surface area (Å²) in [6.07, 6.45) is 6.39. The summed E-state index contributed by atoms with van der Waals surface area (Å²) in [6, 6.07) is 17.6. The largest absolute Gasteiger partial charge is 0.457 e. The lowest BCUT2D eigenvalue weighted by atomic mass is 10.1. The number of imidazole rings is 1. The average molecular weight is 422 g/mol. The minimum atomic E-state index is -0.119. The summed E-state index contributed by atoms with van der Waals surface area (Å²) in [5, 5.41) is 0. The summed E-state index contributed by atoms with van der Waals surface area (Å²) >= 11 is 0. The van der Waals surface area contributed by atoms with E-state index in [4.69, 9.17) is 9.72 Å². The Balaban J connectivity index is 1.44. The molecule has 0 spiro atoms. The lowest BCUT2D eigenvalue weighted by Crippen LogP contribution is -2.27. The fourth-order valence-electron chi connectivity index (χ4n) is 4.11. The molecule has 4 aromatic rings. The second kappa shape index (κ2) is 8.56. The number of hydrogen-bond donors (Lipinski definition) is 0. The van der Waals surface area contributed by atoms with E-state index in [1.54, 1.807) is 18.0 Å². The molecule has 1 aliphatic rings. The molecule has 3 heterocycles. The number of likely N-dealkylation sites (tertiary alicyclic amines) is 1. The van der Waals surface area contributed by atoms with Crippen LogP contribution in [0.15, 0.2) is 73.2 Å². The first-order valence-electron chi connectivity index (χ1n) is 10.6. The van der Waals surface area contributed by atoms with Crippen molar-refractivity contribution in [2.75, 3.05) is 13.1 Å². The summed E-state index contributed by atoms with van der Waals surface area (Å²) in [6.45, 7) is 3.00. The summed E-state index contributed by atoms with van der Waals surface area (Å²) in [5.74, 6) is 7.88. The molecule has 0 saturated carbocycles. The number of nitrogens with zero attached hydrogens (tertiary/aromatic N) is 4. The van der Waals surface area contributed by atoms with Crippen LogP contribution >= 0.6 is 0 Å². The van der Waals surface area contributed by atoms with Crippen LogP contribution in [-0.2, 0) is 4.79 Å². The molecule has 1 atom stereocenters. The van der Waals surface area contributed by atoms with E-state index in [2.05, 4.69) is 21.2 Å². The number of hydrogen-bond acceptors (Lipinski definition) is 4. The van der Waals surface area contributed by atoms with Gasteiger partial charge in [0.25, 0.3) is 5.91 Å². The SMILES string of the molecule is CC#CC(=O)N1CC[C@@H](c2nc(-c3ccc(Oc4ccccc4)cc3)c3cnccn23)C1. The van der Waals surface area contributed by atoms with Gasteiger partial charge < -0.3 is 9.64 Å². The van der Waals surface area contributed by atoms with Crippen molar-refractivity contribution < 1.29 is 9.53 Å². The summed E-state index contributed by atoms with van der Waals surface area (Å²) in [4.78, 5) is 23.3. The van der Waals surface area contributed by atoms with Crippen molar-refractivity contribution in [2.45, 2.75) is 19.3 Å². The van der Waals surface area contributed by atoms with Crippen LogP contribution in [0, 0.1) is 11.8 Å². The predicted octanol–water partition coefficient (Wildman–Crippen LogP) is 4.53. The van der Waals surface area contributed by atoms with E-state index in [0.717, 1.165) is 40.5 Å². The van der Waals surface area contributed by atoms with Crippen molar-refractivity contribution in [1.29, 1.82) is 0 Å². The van der Waals surface area contributed by atoms with Crippen molar-refractivity contribution in [2.24, 2.45) is 0 Å². The monoisotopic (exact) mass is 422 g/mol. The number of aromatic nitrogens is 3. The van der Waals surface area contributed by atoms with Gasteiger partial charge in [-0.3, -0.25) is 14.2 Å². The Morgan fingerprint density at radius 2 is 1.88 bits per heavy atom. The zero-order chi connectivity index (χ0) is 21.9. The van der Waals surface area contributed by atoms with Crippen LogP contribution in [-0.4, -0.2) is 38.3 Å². The van der Waals surface area contributed by atoms with Crippen molar-refractivity contribution >= 4 is 11.4 Å². The molecule has 0 radical (unpaired) electrons. The fourth-order valence-corrected chi connectivity index (χ4v) is 4.11. The van der Waals surface area contributed by atoms with E-state index in [0.29, 0.717) is 13.1 Å². The Kier molecular flexibility index (Phi) is 5.30. The van der Waals surface area contributed by atoms with Crippen LogP contribution in [0.5, 0.6) is 11.5 Å². The van der Waals surface area contributed by atoms with Gasteiger partial charge in [-0.15, -0.1) is 0 Å². The fraction of sp³-hybridized carbons (Fsp3) is 0.192. The van der Waals surface area contributed by atoms with Crippen LogP contribution in [0.4, 0.5) is 0 Å². The van der Waals surface area contributed by atoms with Crippen molar-refractivity contribution in [3.8, 4) is 34.6 Å². The number of amides is 1. The zero-order valence-corrected chi connectivity index (χ0v) is 17.7. The molecule has 1 fully saturated rings. The van der Waals surface area contributed by atoms with Gasteiger partial charge in [-0.2, -0.15) is 0 Å². The first kappa shape index (κ1) is 19.8. The highest BCUT2D eigenvalue weighted by atomic mass is 16.5. The highest BCUT2D eigenvalue weighted by Gasteiger charge is 2.30. The van der Waals surface area contributed by atoms with E-state index in [1.807, 2.05) is 67.0 Å². The Morgan fingerprint density at radius 1 is 1.09 bits per heavy atom. The smallest absolute Gasteiger partial charge is 0.298 e. The Morgan fingerprint density at radius 3 is 2.66 bits per heavy atom. The molecule has 158 valence electrons. The van der Waals surface area contributed by atoms with Gasteiger partial charge in [0.05, 0.1) is 17.4 Å². The molecule has 1 amide bonds. The van der Waals surface area contributed by atoms with Gasteiger partial charge in [-0.25, -0.2) is 4.98 Å². The maximum Gasteiger partial charge on any atom is 0.298 e. The van der Waals surface area contributed by atoms with Crippen molar-refractivity contribution in [3.05, 3.63) is 79.0 Å². The minimum Gasteiger partial charge on any atom is -0.457 e. The number of fused-ring (bicyclic) bond motifs is 1. The molecule has 2 aromatic carbocycles. The molecule has 0 bridgehead atoms. The van der Waals surface area contributed by atoms with Crippen LogP contribution < -0.4 is 4.74 Å². The molecule has 6 nitrogen and oxygen atoms in total. The summed E-state index contributed by atoms with van der Waals surface area (Å²) in [7, 11) is 0. The number of carbonyl (C=O) groups is 1. The first-order chi connectivity index (χ1) is 15.7. The predicted molar refractivity (Wildman–Crippen MR) is 122 cm³/mol. The van der Waals surface area contributed by atoms with Crippen LogP contribution in [0.2, 0.25) is 0 Å². The van der Waals surface area contributed by atoms with Crippen molar-refractivity contribution in [1.82, 2.24) is 19.3 Å². The highest BCUT2D eigenvalue weighted by Crippen LogP contribution is 2.33. The Bertz CT molecular complexity index is 1320. The van der Waals surface area contributed by atoms with Crippen LogP contribution in [0.25, 0.3) is 16.8 Å². The van der Waals surface area contributed by atoms with Gasteiger partial charge >= 0.3 is 0 Å². The van der Waals surface area contributed by atoms with Gasteiger partial charge in [0, 0.05) is 37.0 Å².